The van der Waals surface area contributed by atoms with Crippen molar-refractivity contribution in [1.82, 2.24) is 4.98 Å². The van der Waals surface area contributed by atoms with Gasteiger partial charge in [0.1, 0.15) is 0 Å². The van der Waals surface area contributed by atoms with E-state index in [0.29, 0.717) is 0 Å². The lowest BCUT2D eigenvalue weighted by molar-refractivity contribution is 0.927. The quantitative estimate of drug-likeness (QED) is 0.754. The van der Waals surface area contributed by atoms with Gasteiger partial charge < -0.3 is 4.98 Å². The summed E-state index contributed by atoms with van der Waals surface area (Å²) < 4.78 is 0. The first kappa shape index (κ1) is 9.32. The molecule has 0 saturated heterocycles. The van der Waals surface area contributed by atoms with Gasteiger partial charge in [0.25, 0.3) is 0 Å². The van der Waals surface area contributed by atoms with Crippen LogP contribution in [0.15, 0.2) is 24.4 Å². The first-order valence-electron chi connectivity index (χ1n) is 5.44. The van der Waals surface area contributed by atoms with E-state index in [1.807, 2.05) is 0 Å². The molecule has 0 saturated carbocycles. The van der Waals surface area contributed by atoms with Crippen molar-refractivity contribution in [1.29, 1.82) is 0 Å². The molecule has 0 spiro atoms. The Labute approximate surface area is 85.1 Å². The minimum Gasteiger partial charge on any atom is -0.361 e. The van der Waals surface area contributed by atoms with Crippen LogP contribution >= 0.6 is 0 Å². The fourth-order valence-corrected chi connectivity index (χ4v) is 2.10. The number of aromatic nitrogens is 1. The summed E-state index contributed by atoms with van der Waals surface area (Å²) >= 11 is 0. The second-order valence-corrected chi connectivity index (χ2v) is 3.76. The Kier molecular flexibility index (Phi) is 2.58. The highest BCUT2D eigenvalue weighted by molar-refractivity contribution is 5.86. The van der Waals surface area contributed by atoms with Crippen LogP contribution in [0, 0.1) is 0 Å². The van der Waals surface area contributed by atoms with Crippen LogP contribution in [0.5, 0.6) is 0 Å². The van der Waals surface area contributed by atoms with Crippen LogP contribution in [0.3, 0.4) is 0 Å². The van der Waals surface area contributed by atoms with Crippen LogP contribution in [0.25, 0.3) is 10.9 Å². The van der Waals surface area contributed by atoms with E-state index in [-0.39, 0.29) is 0 Å². The molecular formula is C13H17N. The largest absolute Gasteiger partial charge is 0.361 e. The van der Waals surface area contributed by atoms with Crippen molar-refractivity contribution in [2.45, 2.75) is 33.1 Å². The first-order valence-corrected chi connectivity index (χ1v) is 5.44. The molecule has 1 aromatic heterocycles. The van der Waals surface area contributed by atoms with Gasteiger partial charge in [0, 0.05) is 17.1 Å². The maximum atomic E-state index is 3.35. The van der Waals surface area contributed by atoms with E-state index >= 15 is 0 Å². The third kappa shape index (κ3) is 1.43. The zero-order valence-corrected chi connectivity index (χ0v) is 8.93. The highest BCUT2D eigenvalue weighted by atomic mass is 14.7. The summed E-state index contributed by atoms with van der Waals surface area (Å²) in [5.41, 5.74) is 4.22. The fraction of sp³-hybridized carbons (Fsp3) is 0.385. The molecule has 0 unspecified atom stereocenters. The number of benzene rings is 1. The summed E-state index contributed by atoms with van der Waals surface area (Å²) in [5, 5.41) is 1.46. The number of H-pyrrole nitrogens is 1. The molecule has 0 aliphatic heterocycles. The zero-order chi connectivity index (χ0) is 9.97. The molecule has 74 valence electrons. The van der Waals surface area contributed by atoms with Crippen LogP contribution in [0.2, 0.25) is 0 Å². The smallest absolute Gasteiger partial charge is 0.0459 e. The van der Waals surface area contributed by atoms with Crippen LogP contribution in [-0.4, -0.2) is 4.98 Å². The highest BCUT2D eigenvalue weighted by Gasteiger charge is 2.05. The molecule has 14 heavy (non-hydrogen) atoms. The van der Waals surface area contributed by atoms with Crippen molar-refractivity contribution in [3.8, 4) is 0 Å². The predicted octanol–water partition coefficient (Wildman–Crippen LogP) is 3.68. The number of hydrogen-bond donors (Lipinski definition) is 1. The van der Waals surface area contributed by atoms with Crippen molar-refractivity contribution < 1.29 is 0 Å². The van der Waals surface area contributed by atoms with E-state index < -0.39 is 0 Å². The molecule has 0 fully saturated rings. The van der Waals surface area contributed by atoms with Gasteiger partial charge in [-0.3, -0.25) is 0 Å². The van der Waals surface area contributed by atoms with Crippen LogP contribution in [0.4, 0.5) is 0 Å². The number of fused-ring (bicyclic) bond motifs is 1. The molecule has 0 atom stereocenters. The van der Waals surface area contributed by atoms with Crippen LogP contribution in [-0.2, 0) is 12.8 Å². The summed E-state index contributed by atoms with van der Waals surface area (Å²) in [4.78, 5) is 3.35. The minimum absolute atomic E-state index is 1.12. The second-order valence-electron chi connectivity index (χ2n) is 3.76. The number of rotatable bonds is 3. The monoisotopic (exact) mass is 187 g/mol. The molecule has 1 heterocycles. The predicted molar refractivity (Wildman–Crippen MR) is 61.7 cm³/mol. The van der Waals surface area contributed by atoms with Gasteiger partial charge in [0.15, 0.2) is 0 Å². The maximum absolute atomic E-state index is 3.35. The summed E-state index contributed by atoms with van der Waals surface area (Å²) in [6.45, 7) is 4.45. The third-order valence-corrected chi connectivity index (χ3v) is 2.77. The number of aryl methyl sites for hydroxylation is 2. The van der Waals surface area contributed by atoms with Gasteiger partial charge in [0.2, 0.25) is 0 Å². The lowest BCUT2D eigenvalue weighted by atomic mass is 10.0. The molecule has 0 bridgehead atoms. The first-order chi connectivity index (χ1) is 6.86. The topological polar surface area (TPSA) is 15.8 Å². The van der Waals surface area contributed by atoms with Crippen molar-refractivity contribution >= 4 is 10.9 Å². The summed E-state index contributed by atoms with van der Waals surface area (Å²) in [7, 11) is 0. The Bertz CT molecular complexity index is 426. The Morgan fingerprint density at radius 1 is 1.14 bits per heavy atom. The van der Waals surface area contributed by atoms with E-state index in [1.54, 1.807) is 0 Å². The summed E-state index contributed by atoms with van der Waals surface area (Å²) in [6, 6.07) is 6.52. The minimum atomic E-state index is 1.12. The Morgan fingerprint density at radius 3 is 2.71 bits per heavy atom. The number of aromatic amines is 1. The molecule has 0 aliphatic rings. The summed E-state index contributed by atoms with van der Waals surface area (Å²) in [6.07, 6.45) is 5.67. The van der Waals surface area contributed by atoms with Gasteiger partial charge in [-0.15, -0.1) is 0 Å². The van der Waals surface area contributed by atoms with Gasteiger partial charge in [-0.25, -0.2) is 0 Å². The van der Waals surface area contributed by atoms with E-state index in [2.05, 4.69) is 43.2 Å². The van der Waals surface area contributed by atoms with Crippen molar-refractivity contribution in [2.75, 3.05) is 0 Å². The number of hydrogen-bond acceptors (Lipinski definition) is 0. The van der Waals surface area contributed by atoms with Gasteiger partial charge in [-0.05, 0) is 30.0 Å². The Balaban J connectivity index is 2.62. The maximum Gasteiger partial charge on any atom is 0.0459 e. The molecular weight excluding hydrogens is 170 g/mol. The lowest BCUT2D eigenvalue weighted by Gasteiger charge is -2.02. The third-order valence-electron chi connectivity index (χ3n) is 2.77. The molecule has 2 rings (SSSR count). The lowest BCUT2D eigenvalue weighted by Crippen LogP contribution is -1.85. The van der Waals surface area contributed by atoms with Gasteiger partial charge in [-0.2, -0.15) is 0 Å². The van der Waals surface area contributed by atoms with E-state index in [1.165, 1.54) is 34.9 Å². The molecule has 1 heteroatoms. The molecule has 0 amide bonds. The van der Waals surface area contributed by atoms with Crippen LogP contribution in [0.1, 0.15) is 31.4 Å². The standard InChI is InChI=1S/C13H17N/c1-3-6-11-9-14-12-8-5-7-10(4-2)13(11)12/h5,7-9,14H,3-4,6H2,1-2H3. The zero-order valence-electron chi connectivity index (χ0n) is 8.93. The molecule has 1 aromatic carbocycles. The molecule has 0 aliphatic carbocycles. The Morgan fingerprint density at radius 2 is 2.00 bits per heavy atom. The molecule has 1 nitrogen and oxygen atoms in total. The van der Waals surface area contributed by atoms with Crippen molar-refractivity contribution in [3.63, 3.8) is 0 Å². The van der Waals surface area contributed by atoms with Gasteiger partial charge in [0.05, 0.1) is 0 Å². The average molecular weight is 187 g/mol. The molecule has 2 aromatic rings. The van der Waals surface area contributed by atoms with Crippen LogP contribution < -0.4 is 0 Å². The second kappa shape index (κ2) is 3.87. The van der Waals surface area contributed by atoms with E-state index in [4.69, 9.17) is 0 Å². The average Bonchev–Trinajstić information content (AvgIpc) is 2.62. The fourth-order valence-electron chi connectivity index (χ4n) is 2.10. The normalized spacial score (nSPS) is 11.0. The summed E-state index contributed by atoms with van der Waals surface area (Å²) in [5.74, 6) is 0. The Hall–Kier alpha value is -1.24. The van der Waals surface area contributed by atoms with Gasteiger partial charge in [-0.1, -0.05) is 32.4 Å². The number of nitrogens with one attached hydrogen (secondary N) is 1. The van der Waals surface area contributed by atoms with Crippen molar-refractivity contribution in [2.24, 2.45) is 0 Å². The molecule has 1 N–H and O–H groups in total. The highest BCUT2D eigenvalue weighted by Crippen LogP contribution is 2.23. The SMILES string of the molecule is CCCc1c[nH]c2cccc(CC)c12. The van der Waals surface area contributed by atoms with Gasteiger partial charge >= 0.3 is 0 Å². The van der Waals surface area contributed by atoms with Crippen molar-refractivity contribution in [3.05, 3.63) is 35.5 Å². The molecule has 0 radical (unpaired) electrons. The van der Waals surface area contributed by atoms with E-state index in [0.717, 1.165) is 6.42 Å². The van der Waals surface area contributed by atoms with E-state index in [9.17, 15) is 0 Å².